The maximum atomic E-state index is 12.9. The van der Waals surface area contributed by atoms with Crippen LogP contribution < -0.4 is 0 Å². The molecule has 0 radical (unpaired) electrons. The van der Waals surface area contributed by atoms with Gasteiger partial charge in [-0.05, 0) is 37.1 Å². The molecule has 2 aromatic carbocycles. The van der Waals surface area contributed by atoms with Crippen LogP contribution in [0.3, 0.4) is 0 Å². The van der Waals surface area contributed by atoms with E-state index in [4.69, 9.17) is 9.26 Å². The zero-order valence-electron chi connectivity index (χ0n) is 17.3. The molecule has 0 saturated heterocycles. The highest BCUT2D eigenvalue weighted by molar-refractivity contribution is 7.89. The third-order valence-corrected chi connectivity index (χ3v) is 7.14. The quantitative estimate of drug-likeness (QED) is 0.542. The molecule has 0 amide bonds. The van der Waals surface area contributed by atoms with Gasteiger partial charge < -0.3 is 9.26 Å². The summed E-state index contributed by atoms with van der Waals surface area (Å²) in [6, 6.07) is 14.2. The molecule has 0 spiro atoms. The number of hydrogen-bond acceptors (Lipinski definition) is 7. The molecule has 9 heteroatoms. The highest BCUT2D eigenvalue weighted by atomic mass is 32.2. The molecule has 2 heterocycles. The third-order valence-electron chi connectivity index (χ3n) is 5.31. The first-order valence-electron chi connectivity index (χ1n) is 10.00. The van der Waals surface area contributed by atoms with Crippen molar-refractivity contribution in [3.05, 3.63) is 71.0 Å². The summed E-state index contributed by atoms with van der Waals surface area (Å²) in [5.41, 5.74) is 3.70. The maximum Gasteiger partial charge on any atom is 0.325 e. The van der Waals surface area contributed by atoms with Crippen LogP contribution >= 0.6 is 0 Å². The van der Waals surface area contributed by atoms with E-state index in [0.29, 0.717) is 5.89 Å². The van der Waals surface area contributed by atoms with Gasteiger partial charge in [-0.15, -0.1) is 0 Å². The minimum absolute atomic E-state index is 0.0936. The van der Waals surface area contributed by atoms with Gasteiger partial charge in [0.1, 0.15) is 6.04 Å². The number of aromatic nitrogens is 2. The van der Waals surface area contributed by atoms with Crippen LogP contribution in [0.4, 0.5) is 0 Å². The van der Waals surface area contributed by atoms with E-state index in [-0.39, 0.29) is 31.1 Å². The molecule has 0 saturated carbocycles. The summed E-state index contributed by atoms with van der Waals surface area (Å²) in [4.78, 5) is 17.1. The van der Waals surface area contributed by atoms with Crippen molar-refractivity contribution < 1.29 is 22.5 Å². The lowest BCUT2D eigenvalue weighted by atomic mass is 9.96. The second-order valence-electron chi connectivity index (χ2n) is 7.42. The first kappa shape index (κ1) is 21.2. The van der Waals surface area contributed by atoms with Crippen molar-refractivity contribution in [1.29, 1.82) is 0 Å². The molecule has 1 aliphatic rings. The molecular formula is C22H23N3O5S. The first-order chi connectivity index (χ1) is 14.9. The van der Waals surface area contributed by atoms with Crippen LogP contribution in [0.15, 0.2) is 53.1 Å². The summed E-state index contributed by atoms with van der Waals surface area (Å²) in [6.45, 7) is 3.48. The molecule has 162 valence electrons. The number of carbonyl (C=O) groups is 1. The van der Waals surface area contributed by atoms with Gasteiger partial charge >= 0.3 is 5.97 Å². The lowest BCUT2D eigenvalue weighted by Crippen LogP contribution is -2.49. The Kier molecular flexibility index (Phi) is 5.88. The number of carbonyl (C=O) groups excluding carboxylic acids is 1. The molecule has 0 N–H and O–H groups in total. The van der Waals surface area contributed by atoms with Gasteiger partial charge in [-0.2, -0.15) is 9.29 Å². The van der Waals surface area contributed by atoms with Gasteiger partial charge in [0.15, 0.2) is 6.61 Å². The number of rotatable bonds is 6. The Bertz CT molecular complexity index is 1190. The van der Waals surface area contributed by atoms with Crippen molar-refractivity contribution in [3.8, 4) is 11.5 Å². The van der Waals surface area contributed by atoms with Crippen molar-refractivity contribution in [2.45, 2.75) is 39.5 Å². The van der Waals surface area contributed by atoms with E-state index in [1.807, 2.05) is 55.5 Å². The van der Waals surface area contributed by atoms with E-state index in [1.165, 1.54) is 4.31 Å². The van der Waals surface area contributed by atoms with E-state index >= 15 is 0 Å². The Morgan fingerprint density at radius 1 is 1.16 bits per heavy atom. The molecule has 3 aromatic rings. The third kappa shape index (κ3) is 4.52. The van der Waals surface area contributed by atoms with Gasteiger partial charge in [0.05, 0.1) is 5.75 Å². The number of hydrogen-bond donors (Lipinski definition) is 0. The lowest BCUT2D eigenvalue weighted by molar-refractivity contribution is -0.150. The summed E-state index contributed by atoms with van der Waals surface area (Å²) in [5, 5.41) is 3.86. The Morgan fingerprint density at radius 2 is 1.87 bits per heavy atom. The van der Waals surface area contributed by atoms with Crippen molar-refractivity contribution >= 4 is 16.0 Å². The van der Waals surface area contributed by atoms with Crippen LogP contribution in [0.5, 0.6) is 0 Å². The molecule has 0 fully saturated rings. The molecule has 1 aliphatic heterocycles. The molecule has 1 atom stereocenters. The van der Waals surface area contributed by atoms with Crippen LogP contribution in [0.25, 0.3) is 11.5 Å². The van der Waals surface area contributed by atoms with Crippen LogP contribution in [-0.4, -0.2) is 40.6 Å². The van der Waals surface area contributed by atoms with Gasteiger partial charge in [0, 0.05) is 18.5 Å². The number of ether oxygens (including phenoxy) is 1. The minimum atomic E-state index is -3.59. The maximum absolute atomic E-state index is 12.9. The van der Waals surface area contributed by atoms with Gasteiger partial charge in [0.25, 0.3) is 5.89 Å². The molecule has 0 bridgehead atoms. The predicted molar refractivity (Wildman–Crippen MR) is 113 cm³/mol. The van der Waals surface area contributed by atoms with E-state index in [1.54, 1.807) is 6.92 Å². The van der Waals surface area contributed by atoms with Crippen molar-refractivity contribution in [1.82, 2.24) is 14.4 Å². The monoisotopic (exact) mass is 441 g/mol. The summed E-state index contributed by atoms with van der Waals surface area (Å²) < 4.78 is 37.1. The van der Waals surface area contributed by atoms with Crippen molar-refractivity contribution in [2.24, 2.45) is 0 Å². The van der Waals surface area contributed by atoms with Crippen LogP contribution in [0, 0.1) is 6.92 Å². The van der Waals surface area contributed by atoms with Crippen LogP contribution in [0.2, 0.25) is 0 Å². The summed E-state index contributed by atoms with van der Waals surface area (Å²) in [7, 11) is -3.59. The number of esters is 1. The summed E-state index contributed by atoms with van der Waals surface area (Å²) >= 11 is 0. The minimum Gasteiger partial charge on any atom is -0.456 e. The molecule has 31 heavy (non-hydrogen) atoms. The van der Waals surface area contributed by atoms with Crippen molar-refractivity contribution in [3.63, 3.8) is 0 Å². The van der Waals surface area contributed by atoms with Gasteiger partial charge in [-0.1, -0.05) is 47.1 Å². The fourth-order valence-electron chi connectivity index (χ4n) is 3.52. The normalized spacial score (nSPS) is 16.6. The molecule has 0 aliphatic carbocycles. The highest BCUT2D eigenvalue weighted by Crippen LogP contribution is 2.27. The summed E-state index contributed by atoms with van der Waals surface area (Å²) in [5.74, 6) is -0.185. The van der Waals surface area contributed by atoms with Crippen LogP contribution in [0.1, 0.15) is 29.4 Å². The number of nitrogens with zero attached hydrogens (tertiary/aromatic N) is 3. The zero-order chi connectivity index (χ0) is 22.0. The van der Waals surface area contributed by atoms with Gasteiger partial charge in [0.2, 0.25) is 15.8 Å². The standard InChI is InChI=1S/C22H23N3O5S/c1-3-31(27,28)25-13-18-7-5-4-6-17(18)12-19(25)22(26)29-14-20-23-21(30-24-20)16-10-8-15(2)9-11-16/h4-11,19H,3,12-14H2,1-2H3/t19-/m0/s1. The van der Waals surface area contributed by atoms with Crippen molar-refractivity contribution in [2.75, 3.05) is 5.75 Å². The van der Waals surface area contributed by atoms with Gasteiger partial charge in [-0.25, -0.2) is 8.42 Å². The van der Waals surface area contributed by atoms with E-state index in [9.17, 15) is 13.2 Å². The lowest BCUT2D eigenvalue weighted by Gasteiger charge is -2.34. The molecular weight excluding hydrogens is 418 g/mol. The Balaban J connectivity index is 1.49. The second kappa shape index (κ2) is 8.60. The van der Waals surface area contributed by atoms with Gasteiger partial charge in [-0.3, -0.25) is 4.79 Å². The number of sulfonamides is 1. The highest BCUT2D eigenvalue weighted by Gasteiger charge is 2.39. The smallest absolute Gasteiger partial charge is 0.325 e. The molecule has 0 unspecified atom stereocenters. The fraction of sp³-hybridized carbons (Fsp3) is 0.318. The number of benzene rings is 2. The average Bonchev–Trinajstić information content (AvgIpc) is 3.26. The largest absolute Gasteiger partial charge is 0.456 e. The Morgan fingerprint density at radius 3 is 2.58 bits per heavy atom. The zero-order valence-corrected chi connectivity index (χ0v) is 18.1. The summed E-state index contributed by atoms with van der Waals surface area (Å²) in [6.07, 6.45) is 0.259. The number of fused-ring (bicyclic) bond motifs is 1. The Labute approximate surface area is 180 Å². The molecule has 1 aromatic heterocycles. The van der Waals surface area contributed by atoms with E-state index in [2.05, 4.69) is 10.1 Å². The first-order valence-corrected chi connectivity index (χ1v) is 11.6. The molecule has 4 rings (SSSR count). The van der Waals surface area contributed by atoms with E-state index < -0.39 is 22.0 Å². The van der Waals surface area contributed by atoms with Crippen LogP contribution in [-0.2, 0) is 39.1 Å². The number of aryl methyl sites for hydroxylation is 1. The predicted octanol–water partition coefficient (Wildman–Crippen LogP) is 2.86. The fourth-order valence-corrected chi connectivity index (χ4v) is 4.73. The topological polar surface area (TPSA) is 103 Å². The van der Waals surface area contributed by atoms with E-state index in [0.717, 1.165) is 22.3 Å². The average molecular weight is 442 g/mol. The SMILES string of the molecule is CCS(=O)(=O)N1Cc2ccccc2C[C@H]1C(=O)OCc1noc(-c2ccc(C)cc2)n1. The Hall–Kier alpha value is -3.04. The second-order valence-corrected chi connectivity index (χ2v) is 9.63. The molecule has 8 nitrogen and oxygen atoms in total.